The fourth-order valence-corrected chi connectivity index (χ4v) is 3.31. The van der Waals surface area contributed by atoms with Gasteiger partial charge >= 0.3 is 0 Å². The van der Waals surface area contributed by atoms with E-state index in [9.17, 15) is 0 Å². The Morgan fingerprint density at radius 1 is 1.04 bits per heavy atom. The van der Waals surface area contributed by atoms with Crippen molar-refractivity contribution < 1.29 is 9.47 Å². The van der Waals surface area contributed by atoms with E-state index in [1.54, 1.807) is 0 Å². The van der Waals surface area contributed by atoms with Crippen LogP contribution in [0.15, 0.2) is 42.6 Å². The van der Waals surface area contributed by atoms with E-state index in [0.717, 1.165) is 49.8 Å². The molecule has 0 radical (unpaired) electrons. The fraction of sp³-hybridized carbons (Fsp3) is 0.421. The number of rotatable bonds is 4. The van der Waals surface area contributed by atoms with Crippen molar-refractivity contribution in [2.45, 2.75) is 25.4 Å². The predicted octanol–water partition coefficient (Wildman–Crippen LogP) is 2.61. The summed E-state index contributed by atoms with van der Waals surface area (Å²) in [4.78, 5) is 6.81. The number of piperidine rings is 1. The van der Waals surface area contributed by atoms with Crippen molar-refractivity contribution in [1.82, 2.24) is 10.3 Å². The summed E-state index contributed by atoms with van der Waals surface area (Å²) >= 11 is 0. The summed E-state index contributed by atoms with van der Waals surface area (Å²) in [5, 5.41) is 3.67. The highest BCUT2D eigenvalue weighted by molar-refractivity contribution is 5.43. The van der Waals surface area contributed by atoms with Crippen LogP contribution in [0.25, 0.3) is 0 Å². The van der Waals surface area contributed by atoms with Crippen LogP contribution in [-0.2, 0) is 6.54 Å². The summed E-state index contributed by atoms with van der Waals surface area (Å²) in [5.41, 5.74) is 1.24. The number of nitrogens with zero attached hydrogens (tertiary/aromatic N) is 2. The first-order valence-electron chi connectivity index (χ1n) is 8.66. The Labute approximate surface area is 142 Å². The number of fused-ring (bicyclic) bond motifs is 1. The van der Waals surface area contributed by atoms with Gasteiger partial charge in [0.15, 0.2) is 11.5 Å². The highest BCUT2D eigenvalue weighted by Gasteiger charge is 2.20. The Morgan fingerprint density at radius 2 is 1.88 bits per heavy atom. The van der Waals surface area contributed by atoms with Gasteiger partial charge in [0.2, 0.25) is 0 Å². The van der Waals surface area contributed by atoms with Crippen LogP contribution in [0, 0.1) is 0 Å². The van der Waals surface area contributed by atoms with E-state index in [1.807, 2.05) is 18.3 Å². The lowest BCUT2D eigenvalue weighted by Gasteiger charge is -2.33. The Kier molecular flexibility index (Phi) is 4.51. The van der Waals surface area contributed by atoms with Crippen molar-refractivity contribution in [2.75, 3.05) is 31.2 Å². The van der Waals surface area contributed by atoms with E-state index in [0.29, 0.717) is 19.3 Å². The highest BCUT2D eigenvalue weighted by atomic mass is 16.6. The average molecular weight is 325 g/mol. The molecule has 0 unspecified atom stereocenters. The van der Waals surface area contributed by atoms with Crippen molar-refractivity contribution in [1.29, 1.82) is 0 Å². The largest absolute Gasteiger partial charge is 0.486 e. The molecule has 5 nitrogen and oxygen atoms in total. The monoisotopic (exact) mass is 325 g/mol. The summed E-state index contributed by atoms with van der Waals surface area (Å²) in [6.07, 6.45) is 4.14. The zero-order valence-electron chi connectivity index (χ0n) is 13.8. The van der Waals surface area contributed by atoms with Crippen LogP contribution in [0.4, 0.5) is 5.82 Å². The van der Waals surface area contributed by atoms with Crippen LogP contribution in [0.3, 0.4) is 0 Å². The lowest BCUT2D eigenvalue weighted by Crippen LogP contribution is -2.42. The number of aromatic nitrogens is 1. The van der Waals surface area contributed by atoms with E-state index in [2.05, 4.69) is 39.5 Å². The second-order valence-corrected chi connectivity index (χ2v) is 6.31. The number of pyridine rings is 1. The molecule has 5 heteroatoms. The summed E-state index contributed by atoms with van der Waals surface area (Å²) in [6, 6.07) is 12.9. The van der Waals surface area contributed by atoms with Crippen LogP contribution in [0.2, 0.25) is 0 Å². The standard InChI is InChI=1S/C19H23N3O2/c1-2-8-20-19(3-1)22-9-6-16(7-10-22)21-14-15-4-5-17-18(13-15)24-12-11-23-17/h1-5,8,13,16,21H,6-7,9-12,14H2. The minimum Gasteiger partial charge on any atom is -0.486 e. The molecule has 0 aliphatic carbocycles. The third-order valence-electron chi connectivity index (χ3n) is 4.67. The molecule has 0 bridgehead atoms. The quantitative estimate of drug-likeness (QED) is 0.936. The van der Waals surface area contributed by atoms with E-state index in [4.69, 9.17) is 9.47 Å². The number of nitrogens with one attached hydrogen (secondary N) is 1. The zero-order valence-corrected chi connectivity index (χ0v) is 13.8. The number of hydrogen-bond acceptors (Lipinski definition) is 5. The van der Waals surface area contributed by atoms with Gasteiger partial charge in [-0.15, -0.1) is 0 Å². The number of ether oxygens (including phenoxy) is 2. The van der Waals surface area contributed by atoms with Gasteiger partial charge in [-0.3, -0.25) is 0 Å². The Balaban J connectivity index is 1.28. The molecule has 1 aromatic carbocycles. The van der Waals surface area contributed by atoms with Gasteiger partial charge < -0.3 is 19.7 Å². The first-order valence-corrected chi connectivity index (χ1v) is 8.66. The van der Waals surface area contributed by atoms with Crippen LogP contribution in [0.1, 0.15) is 18.4 Å². The molecule has 0 amide bonds. The Hall–Kier alpha value is -2.27. The molecule has 1 N–H and O–H groups in total. The molecule has 0 spiro atoms. The predicted molar refractivity (Wildman–Crippen MR) is 93.7 cm³/mol. The van der Waals surface area contributed by atoms with Gasteiger partial charge in [0.05, 0.1) is 0 Å². The molecule has 126 valence electrons. The van der Waals surface area contributed by atoms with Gasteiger partial charge in [-0.25, -0.2) is 4.98 Å². The second-order valence-electron chi connectivity index (χ2n) is 6.31. The summed E-state index contributed by atoms with van der Waals surface area (Å²) < 4.78 is 11.2. The van der Waals surface area contributed by atoms with Crippen LogP contribution in [0.5, 0.6) is 11.5 Å². The minimum absolute atomic E-state index is 0.554. The molecule has 2 aromatic rings. The Bertz CT molecular complexity index is 670. The van der Waals surface area contributed by atoms with Gasteiger partial charge in [-0.1, -0.05) is 12.1 Å². The number of anilines is 1. The third-order valence-corrected chi connectivity index (χ3v) is 4.67. The second kappa shape index (κ2) is 7.09. The van der Waals surface area contributed by atoms with E-state index in [1.165, 1.54) is 5.56 Å². The summed E-state index contributed by atoms with van der Waals surface area (Å²) in [7, 11) is 0. The van der Waals surface area contributed by atoms with Crippen LogP contribution >= 0.6 is 0 Å². The summed E-state index contributed by atoms with van der Waals surface area (Å²) in [5.74, 6) is 2.81. The molecular weight excluding hydrogens is 302 g/mol. The fourth-order valence-electron chi connectivity index (χ4n) is 3.31. The first kappa shape index (κ1) is 15.3. The molecule has 4 rings (SSSR count). The Morgan fingerprint density at radius 3 is 2.67 bits per heavy atom. The van der Waals surface area contributed by atoms with E-state index < -0.39 is 0 Å². The smallest absolute Gasteiger partial charge is 0.161 e. The maximum absolute atomic E-state index is 5.65. The van der Waals surface area contributed by atoms with Gasteiger partial charge in [0.25, 0.3) is 0 Å². The van der Waals surface area contributed by atoms with Gasteiger partial charge in [0.1, 0.15) is 19.0 Å². The van der Waals surface area contributed by atoms with Crippen LogP contribution < -0.4 is 19.7 Å². The van der Waals surface area contributed by atoms with Crippen molar-refractivity contribution in [2.24, 2.45) is 0 Å². The van der Waals surface area contributed by atoms with Crippen LogP contribution in [-0.4, -0.2) is 37.3 Å². The van der Waals surface area contributed by atoms with Crippen molar-refractivity contribution >= 4 is 5.82 Å². The van der Waals surface area contributed by atoms with Gasteiger partial charge in [0, 0.05) is 31.9 Å². The molecule has 3 heterocycles. The molecule has 0 atom stereocenters. The molecule has 2 aliphatic heterocycles. The molecule has 24 heavy (non-hydrogen) atoms. The topological polar surface area (TPSA) is 46.6 Å². The lowest BCUT2D eigenvalue weighted by molar-refractivity contribution is 0.171. The average Bonchev–Trinajstić information content (AvgIpc) is 2.67. The molecule has 1 aromatic heterocycles. The maximum Gasteiger partial charge on any atom is 0.161 e. The van der Waals surface area contributed by atoms with Gasteiger partial charge in [-0.05, 0) is 42.7 Å². The van der Waals surface area contributed by atoms with E-state index >= 15 is 0 Å². The van der Waals surface area contributed by atoms with Crippen molar-refractivity contribution in [3.8, 4) is 11.5 Å². The summed E-state index contributed by atoms with van der Waals surface area (Å²) in [6.45, 7) is 4.24. The van der Waals surface area contributed by atoms with Crippen molar-refractivity contribution in [3.63, 3.8) is 0 Å². The third kappa shape index (κ3) is 3.46. The molecule has 0 saturated carbocycles. The van der Waals surface area contributed by atoms with Crippen molar-refractivity contribution in [3.05, 3.63) is 48.2 Å². The highest BCUT2D eigenvalue weighted by Crippen LogP contribution is 2.30. The zero-order chi connectivity index (χ0) is 16.2. The SMILES string of the molecule is c1ccc(N2CCC(NCc3ccc4c(c3)OCCO4)CC2)nc1. The lowest BCUT2D eigenvalue weighted by atomic mass is 10.0. The number of hydrogen-bond donors (Lipinski definition) is 1. The maximum atomic E-state index is 5.65. The normalized spacial score (nSPS) is 17.8. The molecular formula is C19H23N3O2. The van der Waals surface area contributed by atoms with E-state index in [-0.39, 0.29) is 0 Å². The van der Waals surface area contributed by atoms with Gasteiger partial charge in [-0.2, -0.15) is 0 Å². The molecule has 1 fully saturated rings. The molecule has 1 saturated heterocycles. The first-order chi connectivity index (χ1) is 11.9. The molecule has 2 aliphatic rings. The minimum atomic E-state index is 0.554. The number of benzene rings is 1.